The average molecular weight is 292 g/mol. The minimum Gasteiger partial charge on any atom is -0.471 e. The Hall–Kier alpha value is -2.01. The first kappa shape index (κ1) is 15.4. The Bertz CT molecular complexity index is 603. The highest BCUT2D eigenvalue weighted by molar-refractivity contribution is 5.24. The Labute approximate surface area is 123 Å². The van der Waals surface area contributed by atoms with Gasteiger partial charge in [0.15, 0.2) is 5.82 Å². The molecule has 0 aliphatic carbocycles. The van der Waals surface area contributed by atoms with E-state index < -0.39 is 5.82 Å². The van der Waals surface area contributed by atoms with Crippen LogP contribution in [-0.2, 0) is 13.2 Å². The Morgan fingerprint density at radius 3 is 2.62 bits per heavy atom. The van der Waals surface area contributed by atoms with Crippen LogP contribution in [0, 0.1) is 11.6 Å². The quantitative estimate of drug-likeness (QED) is 0.885. The summed E-state index contributed by atoms with van der Waals surface area (Å²) >= 11 is 0. The molecule has 0 radical (unpaired) electrons. The summed E-state index contributed by atoms with van der Waals surface area (Å²) in [6, 6.07) is 8.08. The van der Waals surface area contributed by atoms with Crippen LogP contribution in [0.2, 0.25) is 0 Å². The third kappa shape index (κ3) is 4.23. The van der Waals surface area contributed by atoms with Gasteiger partial charge in [-0.1, -0.05) is 32.0 Å². The van der Waals surface area contributed by atoms with Gasteiger partial charge in [-0.25, -0.2) is 13.8 Å². The maximum Gasteiger partial charge on any atom is 0.251 e. The largest absolute Gasteiger partial charge is 0.471 e. The summed E-state index contributed by atoms with van der Waals surface area (Å²) in [5, 5.41) is 3.13. The van der Waals surface area contributed by atoms with Crippen molar-refractivity contribution in [3.05, 3.63) is 59.3 Å². The number of hydrogen-bond donors (Lipinski definition) is 1. The lowest BCUT2D eigenvalue weighted by molar-refractivity contribution is 0.271. The van der Waals surface area contributed by atoms with Gasteiger partial charge in [0.1, 0.15) is 12.4 Å². The van der Waals surface area contributed by atoms with Crippen LogP contribution >= 0.6 is 0 Å². The second-order valence-electron chi connectivity index (χ2n) is 5.00. The number of rotatable bonds is 6. The van der Waals surface area contributed by atoms with E-state index in [9.17, 15) is 8.78 Å². The topological polar surface area (TPSA) is 34.2 Å². The second-order valence-corrected chi connectivity index (χ2v) is 5.00. The number of benzene rings is 1. The molecule has 0 saturated carbocycles. The van der Waals surface area contributed by atoms with Crippen molar-refractivity contribution in [3.63, 3.8) is 0 Å². The van der Waals surface area contributed by atoms with E-state index in [1.165, 1.54) is 12.3 Å². The van der Waals surface area contributed by atoms with E-state index >= 15 is 0 Å². The Kier molecular flexibility index (Phi) is 5.22. The number of halogens is 2. The van der Waals surface area contributed by atoms with Gasteiger partial charge in [0.2, 0.25) is 0 Å². The Morgan fingerprint density at radius 1 is 1.14 bits per heavy atom. The molecule has 1 aromatic heterocycles. The maximum atomic E-state index is 14.2. The normalized spacial score (nSPS) is 10.9. The van der Waals surface area contributed by atoms with E-state index in [1.54, 1.807) is 24.3 Å². The molecule has 1 aromatic carbocycles. The predicted molar refractivity (Wildman–Crippen MR) is 76.9 cm³/mol. The first-order chi connectivity index (χ1) is 10.1. The van der Waals surface area contributed by atoms with Crippen molar-refractivity contribution in [1.29, 1.82) is 0 Å². The molecule has 0 aliphatic rings. The van der Waals surface area contributed by atoms with Crippen molar-refractivity contribution in [2.75, 3.05) is 0 Å². The van der Waals surface area contributed by atoms with Gasteiger partial charge in [-0.3, -0.25) is 0 Å². The summed E-state index contributed by atoms with van der Waals surface area (Å²) < 4.78 is 33.0. The van der Waals surface area contributed by atoms with Gasteiger partial charge >= 0.3 is 0 Å². The lowest BCUT2D eigenvalue weighted by Crippen LogP contribution is -2.22. The highest BCUT2D eigenvalue weighted by Crippen LogP contribution is 2.19. The molecule has 112 valence electrons. The van der Waals surface area contributed by atoms with Crippen LogP contribution in [0.3, 0.4) is 0 Å². The molecule has 5 heteroatoms. The van der Waals surface area contributed by atoms with Crippen molar-refractivity contribution in [3.8, 4) is 5.88 Å². The summed E-state index contributed by atoms with van der Waals surface area (Å²) in [6.07, 6.45) is 1.48. The van der Waals surface area contributed by atoms with Gasteiger partial charge < -0.3 is 10.1 Å². The summed E-state index contributed by atoms with van der Waals surface area (Å²) in [4.78, 5) is 3.86. The van der Waals surface area contributed by atoms with E-state index in [4.69, 9.17) is 4.74 Å². The fourth-order valence-corrected chi connectivity index (χ4v) is 1.77. The third-order valence-corrected chi connectivity index (χ3v) is 2.96. The van der Waals surface area contributed by atoms with E-state index in [1.807, 2.05) is 13.8 Å². The van der Waals surface area contributed by atoms with Crippen molar-refractivity contribution in [2.24, 2.45) is 0 Å². The molecule has 2 aromatic rings. The van der Waals surface area contributed by atoms with E-state index in [0.29, 0.717) is 17.7 Å². The van der Waals surface area contributed by atoms with E-state index in [2.05, 4.69) is 10.3 Å². The number of hydrogen-bond acceptors (Lipinski definition) is 3. The molecule has 0 amide bonds. The molecule has 0 aliphatic heterocycles. The first-order valence-electron chi connectivity index (χ1n) is 6.81. The summed E-state index contributed by atoms with van der Waals surface area (Å²) in [5.74, 6) is -1.00. The summed E-state index contributed by atoms with van der Waals surface area (Å²) in [5.41, 5.74) is 0.839. The van der Waals surface area contributed by atoms with Crippen LogP contribution in [0.5, 0.6) is 5.88 Å². The van der Waals surface area contributed by atoms with E-state index in [-0.39, 0.29) is 24.3 Å². The lowest BCUT2D eigenvalue weighted by atomic mass is 10.2. The lowest BCUT2D eigenvalue weighted by Gasteiger charge is -2.11. The zero-order chi connectivity index (χ0) is 15.2. The maximum absolute atomic E-state index is 14.2. The van der Waals surface area contributed by atoms with Gasteiger partial charge in [0, 0.05) is 29.9 Å². The zero-order valence-corrected chi connectivity index (χ0v) is 12.1. The highest BCUT2D eigenvalue weighted by atomic mass is 19.1. The minimum atomic E-state index is -0.512. The monoisotopic (exact) mass is 292 g/mol. The number of aromatic nitrogens is 1. The number of nitrogens with zero attached hydrogens (tertiary/aromatic N) is 1. The van der Waals surface area contributed by atoms with Gasteiger partial charge in [0.05, 0.1) is 0 Å². The smallest absolute Gasteiger partial charge is 0.251 e. The van der Waals surface area contributed by atoms with Crippen molar-refractivity contribution < 1.29 is 13.5 Å². The van der Waals surface area contributed by atoms with Crippen LogP contribution < -0.4 is 10.1 Å². The molecule has 0 atom stereocenters. The van der Waals surface area contributed by atoms with E-state index in [0.717, 1.165) is 0 Å². The molecule has 2 rings (SSSR count). The van der Waals surface area contributed by atoms with Crippen LogP contribution in [0.25, 0.3) is 0 Å². The van der Waals surface area contributed by atoms with Crippen LogP contribution in [0.15, 0.2) is 36.5 Å². The summed E-state index contributed by atoms with van der Waals surface area (Å²) in [7, 11) is 0. The predicted octanol–water partition coefficient (Wildman–Crippen LogP) is 3.44. The molecule has 21 heavy (non-hydrogen) atoms. The van der Waals surface area contributed by atoms with Gasteiger partial charge in [-0.15, -0.1) is 0 Å². The molecule has 3 nitrogen and oxygen atoms in total. The summed E-state index contributed by atoms with van der Waals surface area (Å²) in [6.45, 7) is 4.29. The molecule has 1 N–H and O–H groups in total. The standard InChI is InChI=1S/C16H18F2N2O/c1-11(2)20-9-12-7-8-19-16(15(12)18)21-10-13-5-3-4-6-14(13)17/h3-8,11,20H,9-10H2,1-2H3. The van der Waals surface area contributed by atoms with Gasteiger partial charge in [-0.2, -0.15) is 0 Å². The van der Waals surface area contributed by atoms with Crippen LogP contribution in [-0.4, -0.2) is 11.0 Å². The third-order valence-electron chi connectivity index (χ3n) is 2.96. The van der Waals surface area contributed by atoms with Crippen LogP contribution in [0.4, 0.5) is 8.78 Å². The van der Waals surface area contributed by atoms with Crippen molar-refractivity contribution >= 4 is 0 Å². The second kappa shape index (κ2) is 7.13. The fraction of sp³-hybridized carbons (Fsp3) is 0.312. The zero-order valence-electron chi connectivity index (χ0n) is 12.1. The molecule has 0 fully saturated rings. The molecule has 0 spiro atoms. The van der Waals surface area contributed by atoms with Gasteiger partial charge in [0.25, 0.3) is 5.88 Å². The SMILES string of the molecule is CC(C)NCc1ccnc(OCc2ccccc2F)c1F. The minimum absolute atomic E-state index is 0.0579. The molecular weight excluding hydrogens is 274 g/mol. The average Bonchev–Trinajstić information content (AvgIpc) is 2.46. The molecular formula is C16H18F2N2O. The fourth-order valence-electron chi connectivity index (χ4n) is 1.77. The van der Waals surface area contributed by atoms with Crippen LogP contribution in [0.1, 0.15) is 25.0 Å². The molecule has 0 bridgehead atoms. The Balaban J connectivity index is 2.07. The Morgan fingerprint density at radius 2 is 1.90 bits per heavy atom. The van der Waals surface area contributed by atoms with Crippen molar-refractivity contribution in [2.45, 2.75) is 33.0 Å². The number of nitrogens with one attached hydrogen (secondary N) is 1. The number of pyridine rings is 1. The first-order valence-corrected chi connectivity index (χ1v) is 6.81. The molecule has 0 unspecified atom stereocenters. The van der Waals surface area contributed by atoms with Crippen molar-refractivity contribution in [1.82, 2.24) is 10.3 Å². The molecule has 0 saturated heterocycles. The molecule has 1 heterocycles. The highest BCUT2D eigenvalue weighted by Gasteiger charge is 2.12. The number of ether oxygens (including phenoxy) is 1. The van der Waals surface area contributed by atoms with Gasteiger partial charge in [-0.05, 0) is 12.1 Å².